The van der Waals surface area contributed by atoms with Gasteiger partial charge < -0.3 is 53.9 Å². The summed E-state index contributed by atoms with van der Waals surface area (Å²) < 4.78 is 30.6. The standard InChI is InChI=1S/C34H62N2O11/c1-13-24-33(9,41)27(39)22(6)36(12)18-19(3)16-32(8)28(46-29-26(38)23(35(10)11)15-20(4)44-29)21(5)34(42,47-32)31(7,30(40)45-24)17-25(37)43-14-2/h19-24,26-29,38-39,41-42H,13-18H2,1-12H3/t19-,20-,21-,22-,23?,24-,26-,27-,28-,29+,31?,32+,33-,34+/m1/s1. The van der Waals surface area contributed by atoms with Crippen LogP contribution in [0, 0.1) is 17.3 Å². The lowest BCUT2D eigenvalue weighted by atomic mass is 9.71. The molecule has 2 unspecified atom stereocenters. The molecule has 274 valence electrons. The monoisotopic (exact) mass is 674 g/mol. The highest BCUT2D eigenvalue weighted by Gasteiger charge is 2.70. The summed E-state index contributed by atoms with van der Waals surface area (Å²) in [5.41, 5.74) is -5.17. The molecule has 13 heteroatoms. The second-order valence-electron chi connectivity index (χ2n) is 15.3. The molecule has 3 saturated heterocycles. The first-order chi connectivity index (χ1) is 21.6. The third-order valence-electron chi connectivity index (χ3n) is 11.0. The zero-order valence-corrected chi connectivity index (χ0v) is 30.6. The van der Waals surface area contributed by atoms with Gasteiger partial charge in [-0.3, -0.25) is 9.59 Å². The molecule has 3 fully saturated rings. The Hall–Kier alpha value is -1.42. The highest BCUT2D eigenvalue weighted by atomic mass is 16.7. The number of hydrogen-bond donors (Lipinski definition) is 4. The third kappa shape index (κ3) is 7.68. The molecule has 14 atom stereocenters. The smallest absolute Gasteiger partial charge is 0.318 e. The maximum atomic E-state index is 14.4. The Kier molecular flexibility index (Phi) is 12.6. The Morgan fingerprint density at radius 2 is 1.70 bits per heavy atom. The molecule has 0 aromatic rings. The van der Waals surface area contributed by atoms with Crippen LogP contribution in [0.15, 0.2) is 0 Å². The quantitative estimate of drug-likeness (QED) is 0.288. The van der Waals surface area contributed by atoms with Gasteiger partial charge in [0.2, 0.25) is 0 Å². The van der Waals surface area contributed by atoms with Gasteiger partial charge in [0, 0.05) is 24.5 Å². The van der Waals surface area contributed by atoms with E-state index in [1.807, 2.05) is 44.8 Å². The molecular formula is C34H62N2O11. The zero-order chi connectivity index (χ0) is 35.9. The summed E-state index contributed by atoms with van der Waals surface area (Å²) in [5.74, 6) is -5.15. The fraction of sp³-hybridized carbons (Fsp3) is 0.941. The Labute approximate surface area is 280 Å². The Balaban J connectivity index is 2.20. The van der Waals surface area contributed by atoms with Crippen molar-refractivity contribution in [2.75, 3.05) is 34.3 Å². The first-order valence-electron chi connectivity index (χ1n) is 17.1. The van der Waals surface area contributed by atoms with Crippen LogP contribution < -0.4 is 0 Å². The third-order valence-corrected chi connectivity index (χ3v) is 11.0. The van der Waals surface area contributed by atoms with Crippen LogP contribution in [0.5, 0.6) is 0 Å². The van der Waals surface area contributed by atoms with Gasteiger partial charge in [-0.05, 0) is 87.9 Å². The van der Waals surface area contributed by atoms with Gasteiger partial charge in [0.05, 0.1) is 30.8 Å². The van der Waals surface area contributed by atoms with Gasteiger partial charge in [-0.25, -0.2) is 0 Å². The van der Waals surface area contributed by atoms with Crippen molar-refractivity contribution < 1.29 is 53.7 Å². The predicted molar refractivity (Wildman–Crippen MR) is 173 cm³/mol. The van der Waals surface area contributed by atoms with Crippen LogP contribution in [0.4, 0.5) is 0 Å². The lowest BCUT2D eigenvalue weighted by Gasteiger charge is -2.46. The van der Waals surface area contributed by atoms with E-state index in [1.54, 1.807) is 34.6 Å². The number of likely N-dealkylation sites (N-methyl/N-ethyl adjacent to an activating group) is 2. The van der Waals surface area contributed by atoms with Gasteiger partial charge in [0.25, 0.3) is 0 Å². The van der Waals surface area contributed by atoms with Crippen molar-refractivity contribution in [1.82, 2.24) is 9.80 Å². The summed E-state index contributed by atoms with van der Waals surface area (Å²) in [5, 5.41) is 47.1. The van der Waals surface area contributed by atoms with Crippen LogP contribution in [0.25, 0.3) is 0 Å². The van der Waals surface area contributed by atoms with E-state index in [0.717, 1.165) is 0 Å². The van der Waals surface area contributed by atoms with Crippen molar-refractivity contribution in [2.24, 2.45) is 17.3 Å². The number of aliphatic hydroxyl groups excluding tert-OH is 2. The van der Waals surface area contributed by atoms with Crippen molar-refractivity contribution in [3.63, 3.8) is 0 Å². The number of ether oxygens (including phenoxy) is 5. The number of fused-ring (bicyclic) bond motifs is 2. The van der Waals surface area contributed by atoms with Crippen LogP contribution in [-0.4, -0.2) is 142 Å². The van der Waals surface area contributed by atoms with Crippen LogP contribution in [0.1, 0.15) is 88.0 Å². The van der Waals surface area contributed by atoms with Crippen LogP contribution in [0.2, 0.25) is 0 Å². The summed E-state index contributed by atoms with van der Waals surface area (Å²) in [7, 11) is 5.60. The number of hydrogen-bond acceptors (Lipinski definition) is 13. The van der Waals surface area contributed by atoms with E-state index < -0.39 is 83.4 Å². The Morgan fingerprint density at radius 1 is 1.09 bits per heavy atom. The molecule has 3 aliphatic heterocycles. The molecule has 0 amide bonds. The van der Waals surface area contributed by atoms with Crippen molar-refractivity contribution >= 4 is 11.9 Å². The fourth-order valence-electron chi connectivity index (χ4n) is 8.13. The van der Waals surface area contributed by atoms with Crippen LogP contribution >= 0.6 is 0 Å². The number of esters is 2. The van der Waals surface area contributed by atoms with E-state index in [-0.39, 0.29) is 31.1 Å². The molecule has 0 radical (unpaired) electrons. The number of cyclic esters (lactones) is 1. The minimum atomic E-state index is -2.34. The van der Waals surface area contributed by atoms with Crippen molar-refractivity contribution in [2.45, 2.75) is 154 Å². The first-order valence-corrected chi connectivity index (χ1v) is 17.1. The van der Waals surface area contributed by atoms with Crippen molar-refractivity contribution in [3.8, 4) is 0 Å². The van der Waals surface area contributed by atoms with E-state index in [9.17, 15) is 30.0 Å². The van der Waals surface area contributed by atoms with Crippen molar-refractivity contribution in [1.29, 1.82) is 0 Å². The largest absolute Gasteiger partial charge is 0.466 e. The van der Waals surface area contributed by atoms with E-state index in [2.05, 4.69) is 0 Å². The zero-order valence-electron chi connectivity index (χ0n) is 30.6. The van der Waals surface area contributed by atoms with Gasteiger partial charge in [-0.1, -0.05) is 20.8 Å². The molecule has 0 saturated carbocycles. The van der Waals surface area contributed by atoms with Crippen LogP contribution in [0.3, 0.4) is 0 Å². The summed E-state index contributed by atoms with van der Waals surface area (Å²) in [6, 6.07) is -0.791. The molecule has 3 heterocycles. The number of carbonyl (C=O) groups is 2. The number of nitrogens with zero attached hydrogens (tertiary/aromatic N) is 2. The van der Waals surface area contributed by atoms with E-state index in [0.29, 0.717) is 19.4 Å². The van der Waals surface area contributed by atoms with Gasteiger partial charge in [0.1, 0.15) is 29.3 Å². The maximum absolute atomic E-state index is 14.4. The van der Waals surface area contributed by atoms with Gasteiger partial charge in [-0.15, -0.1) is 0 Å². The van der Waals surface area contributed by atoms with E-state index >= 15 is 0 Å². The Bertz CT molecular complexity index is 1090. The summed E-state index contributed by atoms with van der Waals surface area (Å²) in [6.45, 7) is 15.9. The molecule has 0 aliphatic carbocycles. The Morgan fingerprint density at radius 3 is 2.26 bits per heavy atom. The minimum absolute atomic E-state index is 0.0474. The molecule has 3 aliphatic rings. The molecule has 4 N–H and O–H groups in total. The molecule has 0 aromatic heterocycles. The fourth-order valence-corrected chi connectivity index (χ4v) is 8.13. The predicted octanol–water partition coefficient (Wildman–Crippen LogP) is 1.66. The molecule has 47 heavy (non-hydrogen) atoms. The first kappa shape index (κ1) is 40.0. The highest BCUT2D eigenvalue weighted by molar-refractivity contribution is 5.84. The SMILES string of the molecule is CCOC(=O)CC1(C)C(=O)O[C@H](CC)[C@@](C)(O)[C@H](O)[C@@H](C)N(C)C[C@H](C)C[C@]2(C)O[C@@]1(O)[C@H](C)[C@H]2O[C@@H]1O[C@H](C)CC(N(C)C)[C@H]1O. The van der Waals surface area contributed by atoms with Crippen molar-refractivity contribution in [3.05, 3.63) is 0 Å². The average Bonchev–Trinajstić information content (AvgIpc) is 3.16. The molecule has 0 aromatic carbocycles. The lowest BCUT2D eigenvalue weighted by Crippen LogP contribution is -2.62. The second kappa shape index (κ2) is 14.8. The topological polar surface area (TPSA) is 168 Å². The summed E-state index contributed by atoms with van der Waals surface area (Å²) in [6.07, 6.45) is -5.29. The lowest BCUT2D eigenvalue weighted by molar-refractivity contribution is -0.300. The highest BCUT2D eigenvalue weighted by Crippen LogP contribution is 2.56. The normalized spacial score (nSPS) is 47.4. The minimum Gasteiger partial charge on any atom is -0.466 e. The molecule has 3 rings (SSSR count). The van der Waals surface area contributed by atoms with Gasteiger partial charge in [-0.2, -0.15) is 0 Å². The molecule has 13 nitrogen and oxygen atoms in total. The van der Waals surface area contributed by atoms with Gasteiger partial charge >= 0.3 is 11.9 Å². The summed E-state index contributed by atoms with van der Waals surface area (Å²) in [4.78, 5) is 31.3. The summed E-state index contributed by atoms with van der Waals surface area (Å²) >= 11 is 0. The average molecular weight is 675 g/mol. The molecule has 2 bridgehead atoms. The van der Waals surface area contributed by atoms with E-state index in [4.69, 9.17) is 23.7 Å². The molecular weight excluding hydrogens is 612 g/mol. The second-order valence-corrected chi connectivity index (χ2v) is 15.3. The van der Waals surface area contributed by atoms with E-state index in [1.165, 1.54) is 13.8 Å². The van der Waals surface area contributed by atoms with Crippen LogP contribution in [-0.2, 0) is 33.3 Å². The van der Waals surface area contributed by atoms with Gasteiger partial charge in [0.15, 0.2) is 12.1 Å². The molecule has 0 spiro atoms. The number of aliphatic hydroxyl groups is 4. The number of carbonyl (C=O) groups excluding carboxylic acids is 2. The number of rotatable bonds is 7. The maximum Gasteiger partial charge on any atom is 0.318 e.